The Morgan fingerprint density at radius 1 is 1.19 bits per heavy atom. The van der Waals surface area contributed by atoms with E-state index in [1.54, 1.807) is 24.4 Å². The molecule has 36 heavy (non-hydrogen) atoms. The van der Waals surface area contributed by atoms with Crippen LogP contribution < -0.4 is 10.5 Å². The molecule has 0 aromatic carbocycles. The van der Waals surface area contributed by atoms with Gasteiger partial charge in [0.25, 0.3) is 0 Å². The molecule has 0 bridgehead atoms. The Morgan fingerprint density at radius 3 is 2.75 bits per heavy atom. The lowest BCUT2D eigenvalue weighted by Crippen LogP contribution is -2.15. The van der Waals surface area contributed by atoms with Gasteiger partial charge in [0.15, 0.2) is 5.83 Å². The summed E-state index contributed by atoms with van der Waals surface area (Å²) >= 11 is 2.19. The van der Waals surface area contributed by atoms with Gasteiger partial charge in [0.1, 0.15) is 11.7 Å². The summed E-state index contributed by atoms with van der Waals surface area (Å²) in [7, 11) is 0. The summed E-state index contributed by atoms with van der Waals surface area (Å²) in [6.45, 7) is 6.25. The molecule has 2 aromatic rings. The molecule has 0 saturated carbocycles. The minimum atomic E-state index is -0.631. The number of nitrogen functional groups attached to an aromatic ring is 1. The fourth-order valence-electron chi connectivity index (χ4n) is 3.60. The van der Waals surface area contributed by atoms with Gasteiger partial charge in [-0.15, -0.1) is 11.3 Å². The number of nitrogens with zero attached hydrogens (tertiary/aromatic N) is 3. The molecule has 3 N–H and O–H groups in total. The van der Waals surface area contributed by atoms with Crippen molar-refractivity contribution in [2.45, 2.75) is 58.3 Å². The second kappa shape index (κ2) is 11.0. The van der Waals surface area contributed by atoms with E-state index < -0.39 is 17.5 Å². The highest BCUT2D eigenvalue weighted by Gasteiger charge is 2.29. The van der Waals surface area contributed by atoms with Crippen molar-refractivity contribution in [3.05, 3.63) is 75.4 Å². The average molecular weight is 532 g/mol. The van der Waals surface area contributed by atoms with Crippen LogP contribution in [0.25, 0.3) is 16.1 Å². The van der Waals surface area contributed by atoms with Crippen LogP contribution >= 0.6 is 23.3 Å². The first-order valence-electron chi connectivity index (χ1n) is 11.8. The number of nitrogens with one attached hydrogen (secondary N) is 1. The lowest BCUT2D eigenvalue weighted by Gasteiger charge is -2.18. The number of halogens is 3. The maximum atomic E-state index is 16.0. The number of hydrogen-bond donors (Lipinski definition) is 2. The first-order valence-corrected chi connectivity index (χ1v) is 13.4. The van der Waals surface area contributed by atoms with Crippen LogP contribution in [0.2, 0.25) is 0 Å². The SMILES string of the molecule is CCC(C)(C)c1nc(C2=C(F)C(NSC3=C(F)CCCC=C3F)=CCC=C2)c(-c2ccnc(N)n2)s1. The summed E-state index contributed by atoms with van der Waals surface area (Å²) in [4.78, 5) is 13.7. The van der Waals surface area contributed by atoms with Crippen molar-refractivity contribution >= 4 is 34.8 Å². The predicted octanol–water partition coefficient (Wildman–Crippen LogP) is 7.85. The van der Waals surface area contributed by atoms with Gasteiger partial charge in [0.05, 0.1) is 31.9 Å². The summed E-state index contributed by atoms with van der Waals surface area (Å²) < 4.78 is 47.7. The summed E-state index contributed by atoms with van der Waals surface area (Å²) in [5, 5.41) is 0.843. The van der Waals surface area contributed by atoms with E-state index in [-0.39, 0.29) is 34.0 Å². The molecular formula is C26H28F3N5S2. The minimum Gasteiger partial charge on any atom is -0.368 e. The Kier molecular flexibility index (Phi) is 8.04. The maximum absolute atomic E-state index is 16.0. The first-order chi connectivity index (χ1) is 17.2. The second-order valence-corrected chi connectivity index (χ2v) is 10.9. The van der Waals surface area contributed by atoms with Gasteiger partial charge in [-0.2, -0.15) is 0 Å². The van der Waals surface area contributed by atoms with Crippen molar-refractivity contribution in [1.82, 2.24) is 19.7 Å². The molecule has 2 aliphatic rings. The molecule has 5 nitrogen and oxygen atoms in total. The molecule has 0 radical (unpaired) electrons. The zero-order valence-electron chi connectivity index (χ0n) is 20.4. The Balaban J connectivity index is 1.76. The zero-order chi connectivity index (χ0) is 25.9. The molecule has 0 spiro atoms. The van der Waals surface area contributed by atoms with Gasteiger partial charge in [0, 0.05) is 23.6 Å². The van der Waals surface area contributed by atoms with Gasteiger partial charge in [0.2, 0.25) is 5.95 Å². The van der Waals surface area contributed by atoms with Gasteiger partial charge < -0.3 is 10.5 Å². The molecule has 2 aromatic heterocycles. The Bertz CT molecular complexity index is 1300. The zero-order valence-corrected chi connectivity index (χ0v) is 22.0. The Morgan fingerprint density at radius 2 is 2.00 bits per heavy atom. The average Bonchev–Trinajstić information content (AvgIpc) is 3.14. The molecule has 2 heterocycles. The summed E-state index contributed by atoms with van der Waals surface area (Å²) in [6.07, 6.45) is 10.5. The number of aromatic nitrogens is 3. The van der Waals surface area contributed by atoms with Crippen molar-refractivity contribution in [3.8, 4) is 10.6 Å². The third-order valence-corrected chi connectivity index (χ3v) is 8.50. The fraction of sp³-hybridized carbons (Fsp3) is 0.346. The van der Waals surface area contributed by atoms with Gasteiger partial charge in [-0.25, -0.2) is 28.1 Å². The van der Waals surface area contributed by atoms with E-state index in [9.17, 15) is 8.78 Å². The first kappa shape index (κ1) is 26.2. The molecule has 0 amide bonds. The molecule has 0 fully saturated rings. The van der Waals surface area contributed by atoms with Crippen LogP contribution in [0.15, 0.2) is 64.7 Å². The number of allylic oxidation sites excluding steroid dienone is 8. The normalized spacial score (nSPS) is 17.1. The monoisotopic (exact) mass is 531 g/mol. The van der Waals surface area contributed by atoms with Crippen LogP contribution in [-0.2, 0) is 5.41 Å². The fourth-order valence-corrected chi connectivity index (χ4v) is 5.60. The Labute approximate surface area is 217 Å². The predicted molar refractivity (Wildman–Crippen MR) is 143 cm³/mol. The summed E-state index contributed by atoms with van der Waals surface area (Å²) in [5.41, 5.74) is 6.99. The van der Waals surface area contributed by atoms with E-state index in [1.165, 1.54) is 17.4 Å². The molecule has 4 rings (SSSR count). The smallest absolute Gasteiger partial charge is 0.220 e. The maximum Gasteiger partial charge on any atom is 0.220 e. The molecule has 2 aliphatic carbocycles. The number of nitrogens with two attached hydrogens (primary N) is 1. The van der Waals surface area contributed by atoms with E-state index in [0.717, 1.165) is 23.4 Å². The van der Waals surface area contributed by atoms with E-state index >= 15 is 4.39 Å². The highest BCUT2D eigenvalue weighted by atomic mass is 32.2. The molecule has 190 valence electrons. The molecule has 0 atom stereocenters. The van der Waals surface area contributed by atoms with Crippen LogP contribution in [0.3, 0.4) is 0 Å². The summed E-state index contributed by atoms with van der Waals surface area (Å²) in [6, 6.07) is 1.72. The van der Waals surface area contributed by atoms with E-state index in [0.29, 0.717) is 35.5 Å². The second-order valence-electron chi connectivity index (χ2n) is 9.10. The lowest BCUT2D eigenvalue weighted by molar-refractivity contribution is 0.503. The molecule has 10 heteroatoms. The van der Waals surface area contributed by atoms with Crippen LogP contribution in [0.1, 0.15) is 63.6 Å². The van der Waals surface area contributed by atoms with Crippen LogP contribution in [-0.4, -0.2) is 15.0 Å². The van der Waals surface area contributed by atoms with Crippen molar-refractivity contribution in [1.29, 1.82) is 0 Å². The highest BCUT2D eigenvalue weighted by Crippen LogP contribution is 2.42. The third kappa shape index (κ3) is 5.59. The molecule has 0 saturated heterocycles. The summed E-state index contributed by atoms with van der Waals surface area (Å²) in [5.74, 6) is -1.62. The number of rotatable bonds is 7. The van der Waals surface area contributed by atoms with Crippen molar-refractivity contribution in [2.24, 2.45) is 0 Å². The molecule has 0 unspecified atom stereocenters. The van der Waals surface area contributed by atoms with Gasteiger partial charge in [-0.3, -0.25) is 0 Å². The van der Waals surface area contributed by atoms with E-state index in [1.807, 2.05) is 6.08 Å². The van der Waals surface area contributed by atoms with E-state index in [2.05, 4.69) is 35.5 Å². The van der Waals surface area contributed by atoms with Crippen molar-refractivity contribution in [2.75, 3.05) is 5.73 Å². The number of hydrogen-bond acceptors (Lipinski definition) is 7. The molecular weight excluding hydrogens is 503 g/mol. The van der Waals surface area contributed by atoms with Crippen LogP contribution in [0.5, 0.6) is 0 Å². The van der Waals surface area contributed by atoms with Crippen LogP contribution in [0, 0.1) is 0 Å². The minimum absolute atomic E-state index is 0.112. The quantitative estimate of drug-likeness (QED) is 0.354. The number of anilines is 1. The van der Waals surface area contributed by atoms with Crippen LogP contribution in [0.4, 0.5) is 19.1 Å². The van der Waals surface area contributed by atoms with Gasteiger partial charge in [-0.05, 0) is 49.8 Å². The standard InChI is InChI=1S/C26H28F3N5S2/c1-4-26(2,3)24-33-21(23(35-24)19-13-14-31-25(30)32-19)15-9-5-8-12-18(20(15)29)34-36-22-16(27)10-6-7-11-17(22)28/h5,9-10,12-14,34H,4,6-8,11H2,1-3H3,(H2,30,31,32). The third-order valence-electron chi connectivity index (χ3n) is 6.12. The van der Waals surface area contributed by atoms with E-state index in [4.69, 9.17) is 10.7 Å². The van der Waals surface area contributed by atoms with Gasteiger partial charge in [-0.1, -0.05) is 39.0 Å². The van der Waals surface area contributed by atoms with Crippen molar-refractivity contribution in [3.63, 3.8) is 0 Å². The lowest BCUT2D eigenvalue weighted by atomic mass is 9.91. The highest BCUT2D eigenvalue weighted by molar-refractivity contribution is 8.01. The van der Waals surface area contributed by atoms with Crippen molar-refractivity contribution < 1.29 is 13.2 Å². The largest absolute Gasteiger partial charge is 0.368 e. The topological polar surface area (TPSA) is 76.7 Å². The molecule has 0 aliphatic heterocycles. The Hall–Kier alpha value is -2.85. The van der Waals surface area contributed by atoms with Gasteiger partial charge >= 0.3 is 0 Å². The number of thiazole rings is 1.